The predicted octanol–water partition coefficient (Wildman–Crippen LogP) is 1.87. The number of nitrogens with two attached hydrogens (primary N) is 2. The van der Waals surface area contributed by atoms with Gasteiger partial charge in [-0.05, 0) is 67.1 Å². The van der Waals surface area contributed by atoms with Crippen molar-refractivity contribution in [2.75, 3.05) is 18.7 Å². The quantitative estimate of drug-likeness (QED) is 0.0471. The van der Waals surface area contributed by atoms with E-state index in [9.17, 15) is 19.2 Å². The van der Waals surface area contributed by atoms with Gasteiger partial charge >= 0.3 is 17.9 Å². The number of methoxy groups -OCH3 is 1. The molecule has 0 saturated heterocycles. The van der Waals surface area contributed by atoms with Crippen LogP contribution in [0.1, 0.15) is 53.9 Å². The molecular formula is C33H32N4O10S. The van der Waals surface area contributed by atoms with Crippen molar-refractivity contribution in [2.45, 2.75) is 13.5 Å². The van der Waals surface area contributed by atoms with Gasteiger partial charge in [0, 0.05) is 11.8 Å². The van der Waals surface area contributed by atoms with E-state index in [1.807, 2.05) is 0 Å². The molecule has 0 radical (unpaired) electrons. The van der Waals surface area contributed by atoms with Crippen molar-refractivity contribution in [2.24, 2.45) is 11.5 Å². The Morgan fingerprint density at radius 3 is 2.02 bits per heavy atom. The number of para-hydroxylation sites is 1. The molecule has 250 valence electrons. The molecule has 4 aromatic carbocycles. The zero-order chi connectivity index (χ0) is 35.4. The Bertz CT molecular complexity index is 1930. The predicted molar refractivity (Wildman–Crippen MR) is 174 cm³/mol. The third-order valence-corrected chi connectivity index (χ3v) is 6.17. The number of carbonyl (C=O) groups is 4. The fourth-order valence-corrected chi connectivity index (χ4v) is 4.06. The van der Waals surface area contributed by atoms with Gasteiger partial charge in [-0.15, -0.1) is 0 Å². The molecule has 0 aliphatic carbocycles. The molecule has 15 heteroatoms. The zero-order valence-corrected chi connectivity index (χ0v) is 26.8. The van der Waals surface area contributed by atoms with Gasteiger partial charge in [0.2, 0.25) is 0 Å². The molecule has 14 nitrogen and oxygen atoms in total. The minimum Gasteiger partial charge on any atom is -0.748 e. The minimum atomic E-state index is -3.92. The Labute approximate surface area is 276 Å². The number of rotatable bonds is 10. The van der Waals surface area contributed by atoms with Gasteiger partial charge in [0.15, 0.2) is 5.78 Å². The van der Waals surface area contributed by atoms with E-state index in [0.717, 1.165) is 0 Å². The summed E-state index contributed by atoms with van der Waals surface area (Å²) in [5, 5.41) is 2.66. The van der Waals surface area contributed by atoms with E-state index in [1.165, 1.54) is 49.4 Å². The molecule has 0 saturated carbocycles. The fraction of sp³-hybridized carbons (Fsp3) is 0.121. The number of esters is 2. The summed E-state index contributed by atoms with van der Waals surface area (Å²) in [4.78, 5) is 54.6. The summed E-state index contributed by atoms with van der Waals surface area (Å²) in [6.45, 7) is 1.23. The smallest absolute Gasteiger partial charge is 0.343 e. The highest BCUT2D eigenvalue weighted by Crippen LogP contribution is 2.26. The van der Waals surface area contributed by atoms with Crippen LogP contribution in [0.4, 0.5) is 11.4 Å². The van der Waals surface area contributed by atoms with Crippen molar-refractivity contribution in [1.82, 2.24) is 0 Å². The first kappa shape index (κ1) is 36.4. The van der Waals surface area contributed by atoms with Crippen molar-refractivity contribution in [3.63, 3.8) is 0 Å². The highest BCUT2D eigenvalue weighted by Gasteiger charge is 2.24. The van der Waals surface area contributed by atoms with Crippen LogP contribution in [-0.4, -0.2) is 55.9 Å². The highest BCUT2D eigenvalue weighted by atomic mass is 32.2. The van der Waals surface area contributed by atoms with E-state index < -0.39 is 33.7 Å². The third-order valence-electron chi connectivity index (χ3n) is 6.17. The number of amides is 1. The Balaban J connectivity index is 0.00000116. The van der Waals surface area contributed by atoms with Gasteiger partial charge in [-0.2, -0.15) is 0 Å². The number of benzene rings is 4. The summed E-state index contributed by atoms with van der Waals surface area (Å²) in [5.74, 6) is -1.95. The van der Waals surface area contributed by atoms with Gasteiger partial charge in [0.05, 0.1) is 45.3 Å². The molecule has 0 aromatic heterocycles. The highest BCUT2D eigenvalue weighted by molar-refractivity contribution is 7.84. The number of guanidine groups is 1. The third kappa shape index (κ3) is 11.1. The lowest BCUT2D eigenvalue weighted by Crippen LogP contribution is -2.72. The average molecular weight is 677 g/mol. The van der Waals surface area contributed by atoms with Crippen LogP contribution in [0.3, 0.4) is 0 Å². The van der Waals surface area contributed by atoms with Crippen LogP contribution in [0.5, 0.6) is 11.5 Å². The molecule has 0 aliphatic rings. The first-order chi connectivity index (χ1) is 22.7. The summed E-state index contributed by atoms with van der Waals surface area (Å²) in [6, 6.07) is 23.7. The van der Waals surface area contributed by atoms with E-state index in [2.05, 4.69) is 10.3 Å². The van der Waals surface area contributed by atoms with E-state index in [-0.39, 0.29) is 46.3 Å². The number of hydrogen-bond donors (Lipinski definition) is 4. The van der Waals surface area contributed by atoms with Gasteiger partial charge in [0.1, 0.15) is 18.1 Å². The number of anilines is 1. The monoisotopic (exact) mass is 676 g/mol. The second kappa shape index (κ2) is 16.5. The number of carbonyl (C=O) groups excluding carboxylic acids is 4. The normalized spacial score (nSPS) is 10.4. The Kier molecular flexibility index (Phi) is 12.5. The molecule has 0 spiro atoms. The average Bonchev–Trinajstić information content (AvgIpc) is 3.03. The Morgan fingerprint density at radius 1 is 0.833 bits per heavy atom. The summed E-state index contributed by atoms with van der Waals surface area (Å²) in [7, 11) is -2.37. The van der Waals surface area contributed by atoms with E-state index in [1.54, 1.807) is 55.6 Å². The van der Waals surface area contributed by atoms with Crippen LogP contribution < -0.4 is 31.3 Å². The molecule has 0 bridgehead atoms. The topological polar surface area (TPSA) is 231 Å². The van der Waals surface area contributed by atoms with Crippen molar-refractivity contribution in [1.29, 1.82) is 0 Å². The molecular weight excluding hydrogens is 644 g/mol. The molecule has 4 rings (SSSR count). The van der Waals surface area contributed by atoms with Crippen LogP contribution in [0.2, 0.25) is 0 Å². The second-order valence-corrected chi connectivity index (χ2v) is 11.3. The summed E-state index contributed by atoms with van der Waals surface area (Å²) in [6.07, 6.45) is 0.604. The van der Waals surface area contributed by atoms with Gasteiger partial charge in [-0.3, -0.25) is 21.1 Å². The van der Waals surface area contributed by atoms with Crippen LogP contribution in [0.15, 0.2) is 91.0 Å². The van der Waals surface area contributed by atoms with Crippen LogP contribution in [-0.2, 0) is 21.5 Å². The van der Waals surface area contributed by atoms with Crippen LogP contribution >= 0.6 is 0 Å². The number of Topliss-reactive ketones (excluding diaryl/α,β-unsaturated/α-hetero) is 1. The lowest BCUT2D eigenvalue weighted by atomic mass is 10.0. The molecule has 1 amide bonds. The van der Waals surface area contributed by atoms with Crippen LogP contribution in [0.25, 0.3) is 0 Å². The molecule has 0 atom stereocenters. The minimum absolute atomic E-state index is 0.00207. The molecule has 48 heavy (non-hydrogen) atoms. The van der Waals surface area contributed by atoms with Gasteiger partial charge in [0.25, 0.3) is 5.91 Å². The van der Waals surface area contributed by atoms with E-state index in [4.69, 9.17) is 38.6 Å². The molecule has 4 aromatic rings. The number of hydrogen-bond acceptors (Lipinski definition) is 10. The molecule has 0 fully saturated rings. The SMILES string of the molecule is COc1ccc(COC(=O)c2c(NC(=O)c3ccccc3OC(=O)c3ccc([NH+]=C(N)N)cc3)cccc2C(C)=O)cc1.CS(=O)(=O)[O-]. The maximum Gasteiger partial charge on any atom is 0.343 e. The fourth-order valence-electron chi connectivity index (χ4n) is 4.06. The summed E-state index contributed by atoms with van der Waals surface area (Å²) < 4.78 is 43.4. The van der Waals surface area contributed by atoms with Crippen molar-refractivity contribution in [3.05, 3.63) is 119 Å². The molecule has 0 aliphatic heterocycles. The van der Waals surface area contributed by atoms with Gasteiger partial charge in [-0.1, -0.05) is 36.4 Å². The molecule has 0 heterocycles. The zero-order valence-electron chi connectivity index (χ0n) is 26.0. The summed E-state index contributed by atoms with van der Waals surface area (Å²) >= 11 is 0. The summed E-state index contributed by atoms with van der Waals surface area (Å²) in [5.41, 5.74) is 12.4. The van der Waals surface area contributed by atoms with Gasteiger partial charge < -0.3 is 24.1 Å². The Morgan fingerprint density at radius 2 is 1.44 bits per heavy atom. The van der Waals surface area contributed by atoms with Crippen molar-refractivity contribution < 1.29 is 51.4 Å². The van der Waals surface area contributed by atoms with E-state index in [0.29, 0.717) is 23.3 Å². The maximum absolute atomic E-state index is 13.4. The van der Waals surface area contributed by atoms with Crippen molar-refractivity contribution in [3.8, 4) is 11.5 Å². The second-order valence-electron chi connectivity index (χ2n) is 9.91. The standard InChI is InChI=1S/C32H28N4O7.CH4O3S/c1-19(37)24-7-5-8-26(28(24)31(40)42-18-20-10-16-23(41-2)17-11-20)36-29(38)25-6-3-4-9-27(25)43-30(39)21-12-14-22(15-13-21)35-32(33)34;1-5(2,3)4/h3-17H,18H2,1-2H3,(H,36,38)(H4,33,34,35);1H3,(H,2,3,4). The number of ketones is 1. The molecule has 6 N–H and O–H groups in total. The van der Waals surface area contributed by atoms with Crippen molar-refractivity contribution >= 4 is 51.1 Å². The first-order valence-electron chi connectivity index (χ1n) is 13.9. The maximum atomic E-state index is 13.4. The lowest BCUT2D eigenvalue weighted by Gasteiger charge is -2.15. The van der Waals surface area contributed by atoms with Gasteiger partial charge in [-0.25, -0.2) is 23.0 Å². The van der Waals surface area contributed by atoms with Crippen LogP contribution in [0, 0.1) is 0 Å². The molecule has 0 unspecified atom stereocenters. The largest absolute Gasteiger partial charge is 0.748 e. The number of ether oxygens (including phenoxy) is 3. The lowest BCUT2D eigenvalue weighted by molar-refractivity contribution is -0.356. The Hall–Kier alpha value is -6.06. The first-order valence-corrected chi connectivity index (χ1v) is 15.7. The number of nitrogens with one attached hydrogen (secondary N) is 2. The van der Waals surface area contributed by atoms with E-state index >= 15 is 0 Å².